The lowest BCUT2D eigenvalue weighted by Gasteiger charge is -2.30. The van der Waals surface area contributed by atoms with Crippen molar-refractivity contribution >= 4 is 0 Å². The summed E-state index contributed by atoms with van der Waals surface area (Å²) >= 11 is 0. The van der Waals surface area contributed by atoms with Crippen LogP contribution < -0.4 is 5.32 Å². The maximum absolute atomic E-state index is 9.43. The van der Waals surface area contributed by atoms with Crippen molar-refractivity contribution in [2.75, 3.05) is 26.2 Å². The number of hydrogen-bond donors (Lipinski definition) is 2. The molecular weight excluding hydrogens is 212 g/mol. The molecule has 1 aliphatic heterocycles. The third-order valence-corrected chi connectivity index (χ3v) is 4.04. The molecule has 1 saturated heterocycles. The molecule has 3 atom stereocenters. The molecule has 0 aromatic rings. The van der Waals surface area contributed by atoms with Crippen molar-refractivity contribution in [3.05, 3.63) is 0 Å². The minimum Gasteiger partial charge on any atom is -0.394 e. The molecule has 1 rings (SSSR count). The molecule has 17 heavy (non-hydrogen) atoms. The highest BCUT2D eigenvalue weighted by molar-refractivity contribution is 4.84. The van der Waals surface area contributed by atoms with E-state index in [1.165, 1.54) is 25.9 Å². The van der Waals surface area contributed by atoms with Crippen LogP contribution in [-0.2, 0) is 0 Å². The second-order valence-corrected chi connectivity index (χ2v) is 6.04. The van der Waals surface area contributed by atoms with E-state index in [0.29, 0.717) is 0 Å². The molecule has 3 nitrogen and oxygen atoms in total. The minimum atomic E-state index is -0.0939. The van der Waals surface area contributed by atoms with E-state index >= 15 is 0 Å². The first-order valence-electron chi connectivity index (χ1n) is 7.10. The first-order valence-corrected chi connectivity index (χ1v) is 7.10. The number of rotatable bonds is 7. The summed E-state index contributed by atoms with van der Waals surface area (Å²) < 4.78 is 0. The number of aliphatic hydroxyl groups is 1. The summed E-state index contributed by atoms with van der Waals surface area (Å²) in [4.78, 5) is 2.59. The van der Waals surface area contributed by atoms with Gasteiger partial charge in [-0.2, -0.15) is 0 Å². The largest absolute Gasteiger partial charge is 0.394 e. The fourth-order valence-corrected chi connectivity index (χ4v) is 3.02. The Kier molecular flexibility index (Phi) is 5.90. The zero-order valence-electron chi connectivity index (χ0n) is 12.0. The molecule has 0 amide bonds. The van der Waals surface area contributed by atoms with Gasteiger partial charge in [-0.05, 0) is 52.1 Å². The van der Waals surface area contributed by atoms with Crippen LogP contribution in [0.4, 0.5) is 0 Å². The predicted octanol–water partition coefficient (Wildman–Crippen LogP) is 1.86. The monoisotopic (exact) mass is 242 g/mol. The standard InChI is InChI=1S/C14H30N2O/c1-5-15-14(4,11-17)7-6-8-16-10-12(2)9-13(16)3/h12-13,15,17H,5-11H2,1-4H3. The van der Waals surface area contributed by atoms with Crippen LogP contribution in [0.2, 0.25) is 0 Å². The third-order valence-electron chi connectivity index (χ3n) is 4.04. The van der Waals surface area contributed by atoms with Gasteiger partial charge in [0.25, 0.3) is 0 Å². The minimum absolute atomic E-state index is 0.0939. The van der Waals surface area contributed by atoms with Crippen LogP contribution in [-0.4, -0.2) is 47.8 Å². The Morgan fingerprint density at radius 1 is 1.41 bits per heavy atom. The molecule has 1 aliphatic rings. The van der Waals surface area contributed by atoms with Crippen molar-refractivity contribution in [3.63, 3.8) is 0 Å². The molecule has 0 aliphatic carbocycles. The Hall–Kier alpha value is -0.120. The van der Waals surface area contributed by atoms with E-state index in [-0.39, 0.29) is 12.1 Å². The van der Waals surface area contributed by atoms with Gasteiger partial charge in [-0.25, -0.2) is 0 Å². The molecule has 3 unspecified atom stereocenters. The Morgan fingerprint density at radius 3 is 2.59 bits per heavy atom. The SMILES string of the molecule is CCNC(C)(CO)CCCN1CC(C)CC1C. The first-order chi connectivity index (χ1) is 8.00. The van der Waals surface area contributed by atoms with Gasteiger partial charge in [0.1, 0.15) is 0 Å². The van der Waals surface area contributed by atoms with Gasteiger partial charge in [-0.1, -0.05) is 13.8 Å². The van der Waals surface area contributed by atoms with Crippen LogP contribution in [0.15, 0.2) is 0 Å². The van der Waals surface area contributed by atoms with Crippen LogP contribution in [0, 0.1) is 5.92 Å². The Labute approximate surface area is 107 Å². The molecule has 0 saturated carbocycles. The third kappa shape index (κ3) is 4.57. The van der Waals surface area contributed by atoms with Gasteiger partial charge in [-0.15, -0.1) is 0 Å². The fraction of sp³-hybridized carbons (Fsp3) is 1.00. The summed E-state index contributed by atoms with van der Waals surface area (Å²) in [6.07, 6.45) is 3.56. The molecular formula is C14H30N2O. The number of hydrogen-bond acceptors (Lipinski definition) is 3. The molecule has 2 N–H and O–H groups in total. The summed E-state index contributed by atoms with van der Waals surface area (Å²) in [6, 6.07) is 0.740. The Morgan fingerprint density at radius 2 is 2.12 bits per heavy atom. The van der Waals surface area contributed by atoms with Crippen LogP contribution in [0.3, 0.4) is 0 Å². The topological polar surface area (TPSA) is 35.5 Å². The molecule has 0 bridgehead atoms. The molecule has 102 valence electrons. The molecule has 0 aromatic heterocycles. The number of likely N-dealkylation sites (N-methyl/N-ethyl adjacent to an activating group) is 1. The quantitative estimate of drug-likeness (QED) is 0.715. The van der Waals surface area contributed by atoms with Crippen LogP contribution in [0.1, 0.15) is 47.0 Å². The van der Waals surface area contributed by atoms with Crippen LogP contribution >= 0.6 is 0 Å². The highest BCUT2D eigenvalue weighted by Gasteiger charge is 2.27. The maximum Gasteiger partial charge on any atom is 0.0610 e. The van der Waals surface area contributed by atoms with Gasteiger partial charge in [0, 0.05) is 18.1 Å². The summed E-state index contributed by atoms with van der Waals surface area (Å²) in [7, 11) is 0. The van der Waals surface area contributed by atoms with Crippen molar-refractivity contribution in [1.29, 1.82) is 0 Å². The van der Waals surface area contributed by atoms with Gasteiger partial charge >= 0.3 is 0 Å². The normalized spacial score (nSPS) is 29.5. The average Bonchev–Trinajstić information content (AvgIpc) is 2.58. The molecule has 0 aromatic carbocycles. The summed E-state index contributed by atoms with van der Waals surface area (Å²) in [5.74, 6) is 0.850. The average molecular weight is 242 g/mol. The fourth-order valence-electron chi connectivity index (χ4n) is 3.02. The van der Waals surface area contributed by atoms with E-state index in [9.17, 15) is 5.11 Å². The zero-order valence-corrected chi connectivity index (χ0v) is 12.0. The van der Waals surface area contributed by atoms with E-state index in [1.807, 2.05) is 0 Å². The number of nitrogens with one attached hydrogen (secondary N) is 1. The molecule has 1 heterocycles. The highest BCUT2D eigenvalue weighted by atomic mass is 16.3. The van der Waals surface area contributed by atoms with E-state index in [0.717, 1.165) is 24.9 Å². The van der Waals surface area contributed by atoms with Gasteiger partial charge in [-0.3, -0.25) is 0 Å². The summed E-state index contributed by atoms with van der Waals surface area (Å²) in [5.41, 5.74) is -0.0939. The smallest absolute Gasteiger partial charge is 0.0610 e. The van der Waals surface area contributed by atoms with Gasteiger partial charge < -0.3 is 15.3 Å². The first kappa shape index (κ1) is 14.9. The highest BCUT2D eigenvalue weighted by Crippen LogP contribution is 2.23. The number of nitrogens with zero attached hydrogens (tertiary/aromatic N) is 1. The van der Waals surface area contributed by atoms with Crippen molar-refractivity contribution < 1.29 is 5.11 Å². The van der Waals surface area contributed by atoms with Crippen molar-refractivity contribution in [2.24, 2.45) is 5.92 Å². The van der Waals surface area contributed by atoms with Crippen LogP contribution in [0.5, 0.6) is 0 Å². The number of likely N-dealkylation sites (tertiary alicyclic amines) is 1. The number of aliphatic hydroxyl groups excluding tert-OH is 1. The van der Waals surface area contributed by atoms with Gasteiger partial charge in [0.05, 0.1) is 6.61 Å². The second kappa shape index (κ2) is 6.72. The molecule has 3 heteroatoms. The van der Waals surface area contributed by atoms with Gasteiger partial charge in [0.15, 0.2) is 0 Å². The van der Waals surface area contributed by atoms with Gasteiger partial charge in [0.2, 0.25) is 0 Å². The van der Waals surface area contributed by atoms with E-state index in [1.54, 1.807) is 0 Å². The summed E-state index contributed by atoms with van der Waals surface area (Å²) in [5, 5.41) is 12.8. The van der Waals surface area contributed by atoms with Crippen molar-refractivity contribution in [1.82, 2.24) is 10.2 Å². The Balaban J connectivity index is 2.27. The predicted molar refractivity (Wildman–Crippen MR) is 73.2 cm³/mol. The Bertz CT molecular complexity index is 222. The molecule has 1 fully saturated rings. The summed E-state index contributed by atoms with van der Waals surface area (Å²) in [6.45, 7) is 12.5. The van der Waals surface area contributed by atoms with E-state index < -0.39 is 0 Å². The lowest BCUT2D eigenvalue weighted by molar-refractivity contribution is 0.157. The van der Waals surface area contributed by atoms with E-state index in [2.05, 4.69) is 37.9 Å². The van der Waals surface area contributed by atoms with E-state index in [4.69, 9.17) is 0 Å². The van der Waals surface area contributed by atoms with Crippen LogP contribution in [0.25, 0.3) is 0 Å². The lowest BCUT2D eigenvalue weighted by atomic mass is 9.96. The maximum atomic E-state index is 9.43. The van der Waals surface area contributed by atoms with Crippen molar-refractivity contribution in [3.8, 4) is 0 Å². The van der Waals surface area contributed by atoms with Crippen molar-refractivity contribution in [2.45, 2.75) is 58.5 Å². The lowest BCUT2D eigenvalue weighted by Crippen LogP contribution is -2.46. The second-order valence-electron chi connectivity index (χ2n) is 6.04. The zero-order chi connectivity index (χ0) is 12.9. The molecule has 0 radical (unpaired) electrons. The molecule has 0 spiro atoms.